The number of carbonyl (C=O) groups excluding carboxylic acids is 2. The Morgan fingerprint density at radius 2 is 1.90 bits per heavy atom. The van der Waals surface area contributed by atoms with E-state index in [0.717, 1.165) is 27.8 Å². The van der Waals surface area contributed by atoms with Gasteiger partial charge >= 0.3 is 6.03 Å². The van der Waals surface area contributed by atoms with E-state index >= 15 is 0 Å². The van der Waals surface area contributed by atoms with E-state index in [1.807, 2.05) is 74.5 Å². The Hall–Kier alpha value is -3.54. The third-order valence-corrected chi connectivity index (χ3v) is 5.56. The van der Waals surface area contributed by atoms with Crippen LogP contribution in [-0.4, -0.2) is 31.6 Å². The molecule has 3 amide bonds. The zero-order valence-electron chi connectivity index (χ0n) is 17.3. The monoisotopic (exact) mass is 403 g/mol. The molecule has 1 heterocycles. The average molecular weight is 403 g/mol. The van der Waals surface area contributed by atoms with Crippen LogP contribution < -0.4 is 20.3 Å². The first kappa shape index (κ1) is 19.8. The second-order valence-electron chi connectivity index (χ2n) is 7.64. The summed E-state index contributed by atoms with van der Waals surface area (Å²) >= 11 is 0. The minimum Gasteiger partial charge on any atom is -0.497 e. The molecule has 6 nitrogen and oxygen atoms in total. The molecule has 0 aromatic heterocycles. The van der Waals surface area contributed by atoms with Crippen molar-refractivity contribution in [3.8, 4) is 5.75 Å². The van der Waals surface area contributed by atoms with E-state index in [4.69, 9.17) is 4.74 Å². The van der Waals surface area contributed by atoms with Crippen molar-refractivity contribution in [2.24, 2.45) is 0 Å². The van der Waals surface area contributed by atoms with Crippen molar-refractivity contribution in [1.82, 2.24) is 5.32 Å². The van der Waals surface area contributed by atoms with Gasteiger partial charge in [0.25, 0.3) is 0 Å². The quantitative estimate of drug-likeness (QED) is 0.659. The Balaban J connectivity index is 1.52. The average Bonchev–Trinajstić information content (AvgIpc) is 3.10. The highest BCUT2D eigenvalue weighted by Gasteiger charge is 2.28. The summed E-state index contributed by atoms with van der Waals surface area (Å²) in [6, 6.07) is 19.2. The SMILES string of the molecule is COc1ccc2cc([C@H](C)C(=O)Nc3cccc(N4C(=O)NC[C@H]4C)c3)ccc2c1. The number of ether oxygens (including phenoxy) is 1. The molecule has 2 atom stereocenters. The second kappa shape index (κ2) is 8.06. The number of hydrogen-bond acceptors (Lipinski definition) is 3. The summed E-state index contributed by atoms with van der Waals surface area (Å²) in [6.45, 7) is 4.49. The number of carbonyl (C=O) groups is 2. The lowest BCUT2D eigenvalue weighted by molar-refractivity contribution is -0.117. The fourth-order valence-corrected chi connectivity index (χ4v) is 3.76. The molecule has 6 heteroatoms. The highest BCUT2D eigenvalue weighted by atomic mass is 16.5. The van der Waals surface area contributed by atoms with E-state index in [2.05, 4.69) is 10.6 Å². The van der Waals surface area contributed by atoms with Crippen molar-refractivity contribution in [3.05, 3.63) is 66.2 Å². The number of anilines is 2. The molecule has 0 unspecified atom stereocenters. The van der Waals surface area contributed by atoms with Crippen LogP contribution >= 0.6 is 0 Å². The van der Waals surface area contributed by atoms with Crippen LogP contribution in [0.25, 0.3) is 10.8 Å². The third kappa shape index (κ3) is 3.81. The smallest absolute Gasteiger partial charge is 0.322 e. The van der Waals surface area contributed by atoms with Crippen molar-refractivity contribution >= 4 is 34.1 Å². The molecular formula is C24H25N3O3. The molecule has 30 heavy (non-hydrogen) atoms. The molecule has 0 aliphatic carbocycles. The maximum Gasteiger partial charge on any atom is 0.322 e. The van der Waals surface area contributed by atoms with E-state index in [1.54, 1.807) is 12.0 Å². The van der Waals surface area contributed by atoms with Crippen LogP contribution in [0.5, 0.6) is 5.75 Å². The van der Waals surface area contributed by atoms with Crippen LogP contribution in [-0.2, 0) is 4.79 Å². The van der Waals surface area contributed by atoms with Crippen molar-refractivity contribution in [3.63, 3.8) is 0 Å². The maximum absolute atomic E-state index is 12.9. The molecule has 3 aromatic rings. The van der Waals surface area contributed by atoms with E-state index in [9.17, 15) is 9.59 Å². The van der Waals surface area contributed by atoms with Gasteiger partial charge in [-0.3, -0.25) is 9.69 Å². The van der Waals surface area contributed by atoms with Crippen LogP contribution in [0, 0.1) is 0 Å². The standard InChI is InChI=1S/C24H25N3O3/c1-15-14-25-24(29)27(15)21-6-4-5-20(13-21)26-23(28)16(2)17-7-8-19-12-22(30-3)10-9-18(19)11-17/h4-13,15-16H,14H2,1-3H3,(H,25,29)(H,26,28)/t15-,16+/m1/s1. The molecule has 1 aliphatic heterocycles. The fourth-order valence-electron chi connectivity index (χ4n) is 3.76. The first-order valence-electron chi connectivity index (χ1n) is 10.0. The van der Waals surface area contributed by atoms with Gasteiger partial charge in [0.15, 0.2) is 0 Å². The Morgan fingerprint density at radius 1 is 1.13 bits per heavy atom. The maximum atomic E-state index is 12.9. The van der Waals surface area contributed by atoms with Gasteiger partial charge in [-0.2, -0.15) is 0 Å². The predicted molar refractivity (Wildman–Crippen MR) is 119 cm³/mol. The molecule has 1 saturated heterocycles. The van der Waals surface area contributed by atoms with Crippen LogP contribution in [0.15, 0.2) is 60.7 Å². The van der Waals surface area contributed by atoms with Crippen LogP contribution in [0.4, 0.5) is 16.2 Å². The Morgan fingerprint density at radius 3 is 2.63 bits per heavy atom. The van der Waals surface area contributed by atoms with Gasteiger partial charge in [0.1, 0.15) is 5.75 Å². The lowest BCUT2D eigenvalue weighted by Crippen LogP contribution is -2.32. The summed E-state index contributed by atoms with van der Waals surface area (Å²) in [5.41, 5.74) is 2.37. The molecule has 0 radical (unpaired) electrons. The number of amides is 3. The number of rotatable bonds is 5. The van der Waals surface area contributed by atoms with Gasteiger partial charge in [-0.1, -0.05) is 30.3 Å². The summed E-state index contributed by atoms with van der Waals surface area (Å²) < 4.78 is 5.27. The normalized spacial score (nSPS) is 17.0. The topological polar surface area (TPSA) is 70.7 Å². The molecular weight excluding hydrogens is 378 g/mol. The molecule has 3 aromatic carbocycles. The van der Waals surface area contributed by atoms with E-state index in [-0.39, 0.29) is 23.9 Å². The van der Waals surface area contributed by atoms with Crippen LogP contribution in [0.1, 0.15) is 25.3 Å². The van der Waals surface area contributed by atoms with Gasteiger partial charge in [-0.05, 0) is 60.5 Å². The zero-order valence-corrected chi connectivity index (χ0v) is 17.3. The van der Waals surface area contributed by atoms with Crippen LogP contribution in [0.2, 0.25) is 0 Å². The van der Waals surface area contributed by atoms with Crippen molar-refractivity contribution in [2.75, 3.05) is 23.9 Å². The summed E-state index contributed by atoms with van der Waals surface area (Å²) in [7, 11) is 1.65. The molecule has 4 rings (SSSR count). The number of nitrogens with zero attached hydrogens (tertiary/aromatic N) is 1. The van der Waals surface area contributed by atoms with Gasteiger partial charge in [-0.15, -0.1) is 0 Å². The highest BCUT2D eigenvalue weighted by Crippen LogP contribution is 2.27. The van der Waals surface area contributed by atoms with E-state index in [1.165, 1.54) is 0 Å². The molecule has 0 bridgehead atoms. The first-order valence-corrected chi connectivity index (χ1v) is 10.0. The number of fused-ring (bicyclic) bond motifs is 1. The lowest BCUT2D eigenvalue weighted by atomic mass is 9.97. The Bertz CT molecular complexity index is 1110. The fraction of sp³-hybridized carbons (Fsp3) is 0.250. The number of benzene rings is 3. The minimum atomic E-state index is -0.325. The van der Waals surface area contributed by atoms with Crippen molar-refractivity contribution in [2.45, 2.75) is 25.8 Å². The molecule has 0 saturated carbocycles. The number of methoxy groups -OCH3 is 1. The predicted octanol–water partition coefficient (Wildman–Crippen LogP) is 4.51. The highest BCUT2D eigenvalue weighted by molar-refractivity contribution is 5.99. The zero-order chi connectivity index (χ0) is 21.3. The minimum absolute atomic E-state index is 0.0681. The number of urea groups is 1. The molecule has 154 valence electrons. The van der Waals surface area contributed by atoms with E-state index < -0.39 is 0 Å². The van der Waals surface area contributed by atoms with Crippen molar-refractivity contribution in [1.29, 1.82) is 0 Å². The van der Waals surface area contributed by atoms with Gasteiger partial charge < -0.3 is 15.4 Å². The Labute approximate surface area is 175 Å². The molecule has 1 aliphatic rings. The largest absolute Gasteiger partial charge is 0.497 e. The summed E-state index contributed by atoms with van der Waals surface area (Å²) in [5.74, 6) is 0.384. The van der Waals surface area contributed by atoms with Crippen LogP contribution in [0.3, 0.4) is 0 Å². The third-order valence-electron chi connectivity index (χ3n) is 5.56. The lowest BCUT2D eigenvalue weighted by Gasteiger charge is -2.21. The summed E-state index contributed by atoms with van der Waals surface area (Å²) in [6.07, 6.45) is 0. The number of hydrogen-bond donors (Lipinski definition) is 2. The molecule has 2 N–H and O–H groups in total. The molecule has 0 spiro atoms. The second-order valence-corrected chi connectivity index (χ2v) is 7.64. The van der Waals surface area contributed by atoms with Crippen molar-refractivity contribution < 1.29 is 14.3 Å². The Kier molecular flexibility index (Phi) is 5.31. The van der Waals surface area contributed by atoms with Gasteiger partial charge in [-0.25, -0.2) is 4.79 Å². The first-order chi connectivity index (χ1) is 14.5. The summed E-state index contributed by atoms with van der Waals surface area (Å²) in [4.78, 5) is 26.7. The van der Waals surface area contributed by atoms with Gasteiger partial charge in [0.2, 0.25) is 5.91 Å². The van der Waals surface area contributed by atoms with E-state index in [0.29, 0.717) is 12.2 Å². The van der Waals surface area contributed by atoms with Gasteiger partial charge in [0.05, 0.1) is 19.1 Å². The molecule has 1 fully saturated rings. The van der Waals surface area contributed by atoms with Gasteiger partial charge in [0, 0.05) is 17.9 Å². The number of nitrogens with one attached hydrogen (secondary N) is 2. The summed E-state index contributed by atoms with van der Waals surface area (Å²) in [5, 5.41) is 7.94.